The van der Waals surface area contributed by atoms with E-state index in [9.17, 15) is 10.1 Å². The first-order valence-electron chi connectivity index (χ1n) is 11.2. The van der Waals surface area contributed by atoms with Crippen LogP contribution in [0.3, 0.4) is 0 Å². The molecule has 1 amide bonds. The van der Waals surface area contributed by atoms with Crippen LogP contribution in [0.25, 0.3) is 0 Å². The number of aryl methyl sites for hydroxylation is 3. The summed E-state index contributed by atoms with van der Waals surface area (Å²) in [5.41, 5.74) is 11.3. The molecule has 9 nitrogen and oxygen atoms in total. The molecule has 0 aliphatic carbocycles. The quantitative estimate of drug-likeness (QED) is 0.472. The summed E-state index contributed by atoms with van der Waals surface area (Å²) < 4.78 is 17.1. The van der Waals surface area contributed by atoms with E-state index in [4.69, 9.17) is 19.9 Å². The normalized spacial score (nSPS) is 14.5. The highest BCUT2D eigenvalue weighted by Crippen LogP contribution is 2.44. The number of benzene rings is 2. The van der Waals surface area contributed by atoms with Gasteiger partial charge in [-0.05, 0) is 62.6 Å². The summed E-state index contributed by atoms with van der Waals surface area (Å²) >= 11 is 0. The highest BCUT2D eigenvalue weighted by atomic mass is 16.5. The second-order valence-corrected chi connectivity index (χ2v) is 8.29. The fraction of sp³-hybridized carbons (Fsp3) is 0.269. The van der Waals surface area contributed by atoms with Crippen LogP contribution in [-0.4, -0.2) is 29.3 Å². The molecule has 1 aromatic heterocycles. The van der Waals surface area contributed by atoms with Crippen molar-refractivity contribution in [3.8, 4) is 23.4 Å². The highest BCUT2D eigenvalue weighted by Gasteiger charge is 2.34. The SMILES string of the molecule is CCOc1cc(C2C(C#N)=C(N)Oc3n[nH]c(C)c32)ccc1OCC(=O)Nc1cc(C)ccc1C. The Bertz CT molecular complexity index is 1350. The number of carbonyl (C=O) groups is 1. The van der Waals surface area contributed by atoms with E-state index in [2.05, 4.69) is 21.6 Å². The number of allylic oxidation sites excluding steroid dienone is 1. The maximum absolute atomic E-state index is 12.5. The van der Waals surface area contributed by atoms with Gasteiger partial charge in [0.15, 0.2) is 18.1 Å². The van der Waals surface area contributed by atoms with Gasteiger partial charge >= 0.3 is 0 Å². The first-order valence-corrected chi connectivity index (χ1v) is 11.2. The summed E-state index contributed by atoms with van der Waals surface area (Å²) in [5, 5.41) is 19.7. The number of ether oxygens (including phenoxy) is 3. The standard InChI is InChI=1S/C26H27N5O4/c1-5-33-21-11-17(24-18(12-27)25(28)35-26-23(24)16(4)30-31-26)8-9-20(21)34-13-22(32)29-19-10-14(2)6-7-15(19)3/h6-11,24H,5,13,28H2,1-4H3,(H,29,32)(H,30,31). The van der Waals surface area contributed by atoms with Gasteiger partial charge in [-0.1, -0.05) is 18.2 Å². The van der Waals surface area contributed by atoms with Crippen LogP contribution in [0.15, 0.2) is 47.9 Å². The molecule has 1 aliphatic heterocycles. The van der Waals surface area contributed by atoms with Crippen molar-refractivity contribution in [3.63, 3.8) is 0 Å². The number of aromatic amines is 1. The van der Waals surface area contributed by atoms with Crippen LogP contribution in [0.1, 0.15) is 40.8 Å². The topological polar surface area (TPSA) is 135 Å². The number of anilines is 1. The van der Waals surface area contributed by atoms with Crippen molar-refractivity contribution in [1.82, 2.24) is 10.2 Å². The molecule has 0 bridgehead atoms. The Morgan fingerprint density at radius 3 is 2.74 bits per heavy atom. The van der Waals surface area contributed by atoms with Crippen LogP contribution in [0.2, 0.25) is 0 Å². The molecule has 0 radical (unpaired) electrons. The lowest BCUT2D eigenvalue weighted by molar-refractivity contribution is -0.118. The van der Waals surface area contributed by atoms with Crippen LogP contribution in [0.4, 0.5) is 5.69 Å². The van der Waals surface area contributed by atoms with Gasteiger partial charge in [0.05, 0.1) is 12.5 Å². The minimum Gasteiger partial charge on any atom is -0.490 e. The van der Waals surface area contributed by atoms with Crippen LogP contribution in [0, 0.1) is 32.1 Å². The van der Waals surface area contributed by atoms with E-state index in [0.29, 0.717) is 24.0 Å². The number of hydrogen-bond donors (Lipinski definition) is 3. The van der Waals surface area contributed by atoms with Crippen molar-refractivity contribution in [2.24, 2.45) is 5.73 Å². The third kappa shape index (κ3) is 4.77. The third-order valence-corrected chi connectivity index (χ3v) is 5.76. The Labute approximate surface area is 203 Å². The van der Waals surface area contributed by atoms with E-state index < -0.39 is 5.92 Å². The molecule has 3 aromatic rings. The summed E-state index contributed by atoms with van der Waals surface area (Å²) in [7, 11) is 0. The van der Waals surface area contributed by atoms with Gasteiger partial charge in [-0.2, -0.15) is 5.26 Å². The van der Waals surface area contributed by atoms with Gasteiger partial charge in [-0.25, -0.2) is 0 Å². The maximum atomic E-state index is 12.5. The number of fused-ring (bicyclic) bond motifs is 1. The summed E-state index contributed by atoms with van der Waals surface area (Å²) in [6.07, 6.45) is 0. The lowest BCUT2D eigenvalue weighted by Crippen LogP contribution is -2.22. The monoisotopic (exact) mass is 473 g/mol. The molecule has 1 unspecified atom stereocenters. The molecule has 2 heterocycles. The number of carbonyl (C=O) groups excluding carboxylic acids is 1. The minimum atomic E-state index is -0.483. The lowest BCUT2D eigenvalue weighted by Gasteiger charge is -2.24. The average molecular weight is 474 g/mol. The van der Waals surface area contributed by atoms with Gasteiger partial charge in [0.2, 0.25) is 11.8 Å². The molecule has 4 rings (SSSR count). The first-order chi connectivity index (χ1) is 16.8. The molecular formula is C26H27N5O4. The number of amides is 1. The number of aromatic nitrogens is 2. The zero-order valence-electron chi connectivity index (χ0n) is 20.1. The third-order valence-electron chi connectivity index (χ3n) is 5.76. The van der Waals surface area contributed by atoms with Crippen LogP contribution in [-0.2, 0) is 4.79 Å². The van der Waals surface area contributed by atoms with Crippen molar-refractivity contribution in [2.75, 3.05) is 18.5 Å². The Balaban J connectivity index is 1.59. The molecule has 0 spiro atoms. The molecular weight excluding hydrogens is 446 g/mol. The summed E-state index contributed by atoms with van der Waals surface area (Å²) in [5.74, 6) is 0.454. The number of nitrogens with two attached hydrogens (primary N) is 1. The molecule has 0 fully saturated rings. The molecule has 0 saturated heterocycles. The number of nitrogens with zero attached hydrogens (tertiary/aromatic N) is 2. The van der Waals surface area contributed by atoms with Gasteiger partial charge in [0.25, 0.3) is 5.91 Å². The molecule has 1 atom stereocenters. The van der Waals surface area contributed by atoms with Gasteiger partial charge in [0.1, 0.15) is 11.6 Å². The van der Waals surface area contributed by atoms with Crippen molar-refractivity contribution in [3.05, 3.63) is 75.8 Å². The summed E-state index contributed by atoms with van der Waals surface area (Å²) in [4.78, 5) is 12.5. The molecule has 35 heavy (non-hydrogen) atoms. The molecule has 0 saturated carbocycles. The second-order valence-electron chi connectivity index (χ2n) is 8.29. The fourth-order valence-corrected chi connectivity index (χ4v) is 4.02. The van der Waals surface area contributed by atoms with Gasteiger partial charge < -0.3 is 25.3 Å². The molecule has 4 N–H and O–H groups in total. The lowest BCUT2D eigenvalue weighted by atomic mass is 9.84. The van der Waals surface area contributed by atoms with Crippen molar-refractivity contribution < 1.29 is 19.0 Å². The van der Waals surface area contributed by atoms with Gasteiger partial charge in [0, 0.05) is 16.9 Å². The van der Waals surface area contributed by atoms with Crippen molar-refractivity contribution >= 4 is 11.6 Å². The number of H-pyrrole nitrogens is 1. The van der Waals surface area contributed by atoms with E-state index >= 15 is 0 Å². The maximum Gasteiger partial charge on any atom is 0.262 e. The molecule has 1 aliphatic rings. The smallest absolute Gasteiger partial charge is 0.262 e. The molecule has 2 aromatic carbocycles. The Morgan fingerprint density at radius 2 is 2.00 bits per heavy atom. The number of hydrogen-bond acceptors (Lipinski definition) is 7. The molecule has 9 heteroatoms. The highest BCUT2D eigenvalue weighted by molar-refractivity contribution is 5.92. The number of rotatable bonds is 7. The average Bonchev–Trinajstić information content (AvgIpc) is 3.19. The van der Waals surface area contributed by atoms with Crippen LogP contribution < -0.4 is 25.3 Å². The van der Waals surface area contributed by atoms with Gasteiger partial charge in [-0.3, -0.25) is 9.89 Å². The van der Waals surface area contributed by atoms with E-state index in [0.717, 1.165) is 33.6 Å². The van der Waals surface area contributed by atoms with E-state index in [1.807, 2.05) is 52.0 Å². The predicted octanol–water partition coefficient (Wildman–Crippen LogP) is 3.97. The van der Waals surface area contributed by atoms with E-state index in [1.54, 1.807) is 12.1 Å². The Kier molecular flexibility index (Phi) is 6.64. The first kappa shape index (κ1) is 23.7. The Morgan fingerprint density at radius 1 is 1.20 bits per heavy atom. The minimum absolute atomic E-state index is 0.0119. The summed E-state index contributed by atoms with van der Waals surface area (Å²) in [6.45, 7) is 7.81. The van der Waals surface area contributed by atoms with Gasteiger partial charge in [-0.15, -0.1) is 5.10 Å². The Hall–Kier alpha value is -4.45. The van der Waals surface area contributed by atoms with Crippen molar-refractivity contribution in [2.45, 2.75) is 33.6 Å². The second kappa shape index (κ2) is 9.81. The zero-order chi connectivity index (χ0) is 25.1. The number of nitrogens with one attached hydrogen (secondary N) is 2. The predicted molar refractivity (Wildman–Crippen MR) is 130 cm³/mol. The van der Waals surface area contributed by atoms with Crippen molar-refractivity contribution in [1.29, 1.82) is 5.26 Å². The van der Waals surface area contributed by atoms with Crippen LogP contribution >= 0.6 is 0 Å². The number of nitriles is 1. The van der Waals surface area contributed by atoms with E-state index in [1.165, 1.54) is 0 Å². The molecule has 180 valence electrons. The fourth-order valence-electron chi connectivity index (χ4n) is 4.02. The van der Waals surface area contributed by atoms with E-state index in [-0.39, 0.29) is 24.0 Å². The largest absolute Gasteiger partial charge is 0.490 e. The summed E-state index contributed by atoms with van der Waals surface area (Å²) in [6, 6.07) is 13.4. The van der Waals surface area contributed by atoms with Crippen LogP contribution in [0.5, 0.6) is 17.4 Å². The zero-order valence-corrected chi connectivity index (χ0v) is 20.1.